The highest BCUT2D eigenvalue weighted by molar-refractivity contribution is 5.84. The van der Waals surface area contributed by atoms with E-state index in [1.54, 1.807) is 0 Å². The average Bonchev–Trinajstić information content (AvgIpc) is 3.17. The van der Waals surface area contributed by atoms with E-state index in [0.29, 0.717) is 12.8 Å². The third-order valence-corrected chi connectivity index (χ3v) is 6.22. The van der Waals surface area contributed by atoms with Crippen LogP contribution in [0.2, 0.25) is 0 Å². The SMILES string of the molecule is CCCCCCCCCCCCC1(CCCc2ccccc2)O[C@@H](C(=O)O)[C@H](C(=O)O)O1. The number of unbranched alkanes of at least 4 members (excludes halogenated alkanes) is 9. The molecule has 1 aromatic carbocycles. The largest absolute Gasteiger partial charge is 0.479 e. The van der Waals surface area contributed by atoms with Crippen LogP contribution in [0, 0.1) is 0 Å². The van der Waals surface area contributed by atoms with Gasteiger partial charge in [0.15, 0.2) is 18.0 Å². The molecule has 1 saturated heterocycles. The Hall–Kier alpha value is -1.92. The normalized spacial score (nSPS) is 19.8. The van der Waals surface area contributed by atoms with Gasteiger partial charge in [0.2, 0.25) is 0 Å². The maximum Gasteiger partial charge on any atom is 0.336 e. The van der Waals surface area contributed by atoms with Crippen molar-refractivity contribution in [3.8, 4) is 0 Å². The fraction of sp³-hybridized carbons (Fsp3) is 0.692. The van der Waals surface area contributed by atoms with E-state index in [1.807, 2.05) is 30.3 Å². The molecule has 0 aromatic heterocycles. The molecule has 0 radical (unpaired) electrons. The Morgan fingerprint density at radius 1 is 0.750 bits per heavy atom. The molecule has 0 unspecified atom stereocenters. The molecule has 6 nitrogen and oxygen atoms in total. The molecule has 2 rings (SSSR count). The molecular formula is C26H40O6. The molecule has 0 spiro atoms. The van der Waals surface area contributed by atoms with Crippen molar-refractivity contribution in [1.82, 2.24) is 0 Å². The van der Waals surface area contributed by atoms with Crippen LogP contribution in [0.4, 0.5) is 0 Å². The first kappa shape index (κ1) is 26.3. The van der Waals surface area contributed by atoms with Gasteiger partial charge < -0.3 is 19.7 Å². The molecule has 32 heavy (non-hydrogen) atoms. The van der Waals surface area contributed by atoms with Crippen molar-refractivity contribution < 1.29 is 29.3 Å². The highest BCUT2D eigenvalue weighted by Crippen LogP contribution is 2.38. The first-order valence-corrected chi connectivity index (χ1v) is 12.3. The summed E-state index contributed by atoms with van der Waals surface area (Å²) >= 11 is 0. The van der Waals surface area contributed by atoms with Crippen molar-refractivity contribution in [2.24, 2.45) is 0 Å². The van der Waals surface area contributed by atoms with Crippen LogP contribution in [0.25, 0.3) is 0 Å². The first-order valence-electron chi connectivity index (χ1n) is 12.3. The van der Waals surface area contributed by atoms with E-state index < -0.39 is 29.9 Å². The zero-order valence-corrected chi connectivity index (χ0v) is 19.5. The number of carbonyl (C=O) groups is 2. The first-order chi connectivity index (χ1) is 15.5. The van der Waals surface area contributed by atoms with Crippen LogP contribution in [-0.4, -0.2) is 40.1 Å². The van der Waals surface area contributed by atoms with E-state index in [4.69, 9.17) is 9.47 Å². The molecule has 2 atom stereocenters. The minimum absolute atomic E-state index is 0.479. The zero-order valence-electron chi connectivity index (χ0n) is 19.5. The fourth-order valence-corrected chi connectivity index (χ4v) is 4.42. The van der Waals surface area contributed by atoms with Crippen LogP contribution in [0.3, 0.4) is 0 Å². The molecule has 2 N–H and O–H groups in total. The maximum absolute atomic E-state index is 11.6. The molecule has 0 amide bonds. The standard InChI is InChI=1S/C26H40O6/c1-2-3-4-5-6-7-8-9-10-14-19-26(20-15-18-21-16-12-11-13-17-21)31-22(24(27)28)23(32-26)25(29)30/h11-13,16-17,22-23H,2-10,14-15,18-20H2,1H3,(H,27,28)(H,29,30)/t22-,23-/m1/s1. The highest BCUT2D eigenvalue weighted by atomic mass is 16.8. The highest BCUT2D eigenvalue weighted by Gasteiger charge is 2.53. The Kier molecular flexibility index (Phi) is 11.7. The second-order valence-corrected chi connectivity index (χ2v) is 8.94. The van der Waals surface area contributed by atoms with Crippen molar-refractivity contribution in [1.29, 1.82) is 0 Å². The Morgan fingerprint density at radius 3 is 1.72 bits per heavy atom. The average molecular weight is 449 g/mol. The van der Waals surface area contributed by atoms with Crippen LogP contribution in [0.15, 0.2) is 30.3 Å². The van der Waals surface area contributed by atoms with Crippen LogP contribution in [0.1, 0.15) is 96.0 Å². The lowest BCUT2D eigenvalue weighted by Gasteiger charge is -2.28. The number of ether oxygens (including phenoxy) is 2. The Morgan fingerprint density at radius 2 is 1.22 bits per heavy atom. The molecule has 1 heterocycles. The van der Waals surface area contributed by atoms with Gasteiger partial charge in [-0.3, -0.25) is 0 Å². The lowest BCUT2D eigenvalue weighted by molar-refractivity contribution is -0.195. The summed E-state index contributed by atoms with van der Waals surface area (Å²) in [6, 6.07) is 10.0. The third kappa shape index (κ3) is 8.91. The molecule has 1 aliphatic heterocycles. The van der Waals surface area contributed by atoms with Crippen LogP contribution < -0.4 is 0 Å². The molecule has 0 aliphatic carbocycles. The second-order valence-electron chi connectivity index (χ2n) is 8.94. The Balaban J connectivity index is 1.83. The van der Waals surface area contributed by atoms with Gasteiger partial charge in [-0.05, 0) is 24.8 Å². The summed E-state index contributed by atoms with van der Waals surface area (Å²) in [5, 5.41) is 18.9. The van der Waals surface area contributed by atoms with E-state index in [9.17, 15) is 19.8 Å². The smallest absolute Gasteiger partial charge is 0.336 e. The number of carboxylic acids is 2. The number of carboxylic acid groups (broad SMARTS) is 2. The predicted octanol–water partition coefficient (Wildman–Crippen LogP) is 5.97. The summed E-state index contributed by atoms with van der Waals surface area (Å²) in [7, 11) is 0. The third-order valence-electron chi connectivity index (χ3n) is 6.22. The van der Waals surface area contributed by atoms with Crippen LogP contribution in [0.5, 0.6) is 0 Å². The zero-order chi connectivity index (χ0) is 23.2. The van der Waals surface area contributed by atoms with Crippen LogP contribution in [-0.2, 0) is 25.5 Å². The Labute approximate surface area is 192 Å². The minimum atomic E-state index is -1.47. The number of aryl methyl sites for hydroxylation is 1. The predicted molar refractivity (Wildman–Crippen MR) is 124 cm³/mol. The van der Waals surface area contributed by atoms with E-state index in [0.717, 1.165) is 32.1 Å². The minimum Gasteiger partial charge on any atom is -0.479 e. The van der Waals surface area contributed by atoms with Crippen molar-refractivity contribution in [2.75, 3.05) is 0 Å². The monoisotopic (exact) mass is 448 g/mol. The van der Waals surface area contributed by atoms with Crippen molar-refractivity contribution >= 4 is 11.9 Å². The number of hydrogen-bond donors (Lipinski definition) is 2. The number of rotatable bonds is 17. The molecule has 0 bridgehead atoms. The van der Waals surface area contributed by atoms with Gasteiger partial charge in [-0.25, -0.2) is 9.59 Å². The number of aliphatic carboxylic acids is 2. The van der Waals surface area contributed by atoms with E-state index >= 15 is 0 Å². The summed E-state index contributed by atoms with van der Waals surface area (Å²) in [6.45, 7) is 2.23. The van der Waals surface area contributed by atoms with Crippen molar-refractivity contribution in [3.05, 3.63) is 35.9 Å². The molecule has 1 fully saturated rings. The van der Waals surface area contributed by atoms with Gasteiger partial charge in [0.05, 0.1) is 0 Å². The lowest BCUT2D eigenvalue weighted by Crippen LogP contribution is -2.36. The van der Waals surface area contributed by atoms with E-state index in [2.05, 4.69) is 6.92 Å². The molecule has 1 aliphatic rings. The summed E-state index contributed by atoms with van der Waals surface area (Å²) < 4.78 is 11.6. The van der Waals surface area contributed by atoms with Gasteiger partial charge in [-0.15, -0.1) is 0 Å². The summed E-state index contributed by atoms with van der Waals surface area (Å²) in [6.07, 6.45) is 11.5. The van der Waals surface area contributed by atoms with Crippen LogP contribution >= 0.6 is 0 Å². The topological polar surface area (TPSA) is 93.1 Å². The number of hydrogen-bond acceptors (Lipinski definition) is 4. The molecule has 180 valence electrons. The van der Waals surface area contributed by atoms with Gasteiger partial charge in [-0.2, -0.15) is 0 Å². The van der Waals surface area contributed by atoms with Gasteiger partial charge in [-0.1, -0.05) is 95.0 Å². The van der Waals surface area contributed by atoms with Crippen molar-refractivity contribution in [2.45, 2.75) is 115 Å². The quantitative estimate of drug-likeness (QED) is 0.285. The fourth-order valence-electron chi connectivity index (χ4n) is 4.42. The van der Waals surface area contributed by atoms with E-state index in [-0.39, 0.29) is 0 Å². The second kappa shape index (κ2) is 14.3. The van der Waals surface area contributed by atoms with Gasteiger partial charge in [0.1, 0.15) is 0 Å². The molecular weight excluding hydrogens is 408 g/mol. The Bertz CT molecular complexity index is 652. The van der Waals surface area contributed by atoms with Gasteiger partial charge in [0.25, 0.3) is 0 Å². The summed E-state index contributed by atoms with van der Waals surface area (Å²) in [5.74, 6) is -3.71. The van der Waals surface area contributed by atoms with Gasteiger partial charge in [0, 0.05) is 12.8 Å². The summed E-state index contributed by atoms with van der Waals surface area (Å²) in [5.41, 5.74) is 1.18. The summed E-state index contributed by atoms with van der Waals surface area (Å²) in [4.78, 5) is 23.1. The van der Waals surface area contributed by atoms with E-state index in [1.165, 1.54) is 50.5 Å². The van der Waals surface area contributed by atoms with Crippen molar-refractivity contribution in [3.63, 3.8) is 0 Å². The molecule has 0 saturated carbocycles. The number of benzene rings is 1. The lowest BCUT2D eigenvalue weighted by atomic mass is 9.98. The maximum atomic E-state index is 11.6. The molecule has 1 aromatic rings. The molecule has 6 heteroatoms. The van der Waals surface area contributed by atoms with Gasteiger partial charge >= 0.3 is 11.9 Å².